The van der Waals surface area contributed by atoms with Crippen molar-refractivity contribution >= 4 is 44.3 Å². The molecule has 2 aromatic carbocycles. The van der Waals surface area contributed by atoms with Gasteiger partial charge in [-0.2, -0.15) is 0 Å². The molecular weight excluding hydrogens is 434 g/mol. The number of carboxylic acid groups (broad SMARTS) is 1. The molecule has 1 N–H and O–H groups in total. The van der Waals surface area contributed by atoms with Gasteiger partial charge in [-0.15, -0.1) is 0 Å². The van der Waals surface area contributed by atoms with Crippen LogP contribution >= 0.6 is 22.9 Å². The minimum absolute atomic E-state index is 0.00810. The Hall–Kier alpha value is -2.35. The van der Waals surface area contributed by atoms with Crippen LogP contribution in [0.2, 0.25) is 5.02 Å². The molecule has 6 nitrogen and oxygen atoms in total. The summed E-state index contributed by atoms with van der Waals surface area (Å²) in [5.74, 6) is -0.118. The summed E-state index contributed by atoms with van der Waals surface area (Å²) in [7, 11) is 0. The predicted octanol–water partition coefficient (Wildman–Crippen LogP) is 4.56. The number of hydrogen-bond acceptors (Lipinski definition) is 6. The Morgan fingerprint density at radius 2 is 2.23 bits per heavy atom. The average Bonchev–Trinajstić information content (AvgIpc) is 3.38. The Morgan fingerprint density at radius 1 is 1.35 bits per heavy atom. The number of ether oxygens (including phenoxy) is 1. The van der Waals surface area contributed by atoms with E-state index in [0.29, 0.717) is 12.6 Å². The van der Waals surface area contributed by atoms with Crippen LogP contribution in [0.5, 0.6) is 5.75 Å². The Labute approximate surface area is 191 Å². The second kappa shape index (κ2) is 9.85. The molecule has 1 unspecified atom stereocenters. The molecule has 0 saturated carbocycles. The molecule has 4 rings (SSSR count). The fourth-order valence-electron chi connectivity index (χ4n) is 4.03. The fraction of sp³-hybridized carbons (Fsp3) is 0.391. The van der Waals surface area contributed by atoms with Crippen molar-refractivity contribution in [2.24, 2.45) is 0 Å². The van der Waals surface area contributed by atoms with Gasteiger partial charge in [0.25, 0.3) is 0 Å². The minimum atomic E-state index is -0.837. The number of anilines is 1. The summed E-state index contributed by atoms with van der Waals surface area (Å²) in [6.07, 6.45) is 1.10. The molecule has 0 bridgehead atoms. The standard InChI is InChI=1S/C23H26ClN3O3S/c1-2-26(10-11-30-19-5-3-4-16(12-19)13-22(28)29)18-8-9-27(15-18)23-25-20-7-6-17(24)14-21(20)31-23/h3-7,12,14,18H,2,8-11,13,15H2,1H3,(H,28,29). The summed E-state index contributed by atoms with van der Waals surface area (Å²) in [4.78, 5) is 20.5. The highest BCUT2D eigenvalue weighted by Gasteiger charge is 2.28. The van der Waals surface area contributed by atoms with Crippen molar-refractivity contribution < 1.29 is 14.6 Å². The summed E-state index contributed by atoms with van der Waals surface area (Å²) < 4.78 is 7.03. The lowest BCUT2D eigenvalue weighted by Gasteiger charge is -2.27. The molecule has 31 heavy (non-hydrogen) atoms. The molecule has 1 atom stereocenters. The van der Waals surface area contributed by atoms with Crippen LogP contribution in [0.25, 0.3) is 10.2 Å². The van der Waals surface area contributed by atoms with E-state index in [4.69, 9.17) is 26.4 Å². The molecular formula is C23H26ClN3O3S. The van der Waals surface area contributed by atoms with Crippen LogP contribution in [-0.2, 0) is 11.2 Å². The van der Waals surface area contributed by atoms with E-state index >= 15 is 0 Å². The van der Waals surface area contributed by atoms with Gasteiger partial charge in [0, 0.05) is 30.7 Å². The van der Waals surface area contributed by atoms with Gasteiger partial charge in [0.2, 0.25) is 0 Å². The average molecular weight is 460 g/mol. The summed E-state index contributed by atoms with van der Waals surface area (Å²) in [6, 6.07) is 13.6. The Morgan fingerprint density at radius 3 is 3.03 bits per heavy atom. The van der Waals surface area contributed by atoms with E-state index in [1.807, 2.05) is 36.4 Å². The number of carbonyl (C=O) groups is 1. The van der Waals surface area contributed by atoms with E-state index in [-0.39, 0.29) is 6.42 Å². The maximum Gasteiger partial charge on any atom is 0.307 e. The molecule has 0 aliphatic carbocycles. The molecule has 1 aliphatic rings. The zero-order valence-electron chi connectivity index (χ0n) is 17.5. The largest absolute Gasteiger partial charge is 0.492 e. The van der Waals surface area contributed by atoms with Gasteiger partial charge < -0.3 is 14.7 Å². The van der Waals surface area contributed by atoms with E-state index in [2.05, 4.69) is 16.7 Å². The first kappa shape index (κ1) is 21.9. The Kier molecular flexibility index (Phi) is 6.95. The van der Waals surface area contributed by atoms with Gasteiger partial charge in [0.15, 0.2) is 5.13 Å². The van der Waals surface area contributed by atoms with Gasteiger partial charge in [-0.3, -0.25) is 9.69 Å². The summed E-state index contributed by atoms with van der Waals surface area (Å²) in [6.45, 7) is 6.47. The highest BCUT2D eigenvalue weighted by molar-refractivity contribution is 7.22. The van der Waals surface area contributed by atoms with Gasteiger partial charge in [-0.05, 0) is 48.9 Å². The van der Waals surface area contributed by atoms with E-state index in [9.17, 15) is 4.79 Å². The summed E-state index contributed by atoms with van der Waals surface area (Å²) in [5, 5.41) is 10.8. The number of fused-ring (bicyclic) bond motifs is 1. The van der Waals surface area contributed by atoms with Crippen LogP contribution in [-0.4, -0.2) is 59.8 Å². The summed E-state index contributed by atoms with van der Waals surface area (Å²) in [5.41, 5.74) is 1.75. The molecule has 8 heteroatoms. The molecule has 1 saturated heterocycles. The van der Waals surface area contributed by atoms with Crippen LogP contribution in [0.15, 0.2) is 42.5 Å². The number of thiazole rings is 1. The molecule has 1 aliphatic heterocycles. The maximum absolute atomic E-state index is 10.9. The highest BCUT2D eigenvalue weighted by Crippen LogP contribution is 2.33. The third-order valence-electron chi connectivity index (χ3n) is 5.60. The first-order chi connectivity index (χ1) is 15.0. The van der Waals surface area contributed by atoms with Crippen molar-refractivity contribution in [1.82, 2.24) is 9.88 Å². The maximum atomic E-state index is 10.9. The Balaban J connectivity index is 1.32. The molecule has 1 fully saturated rings. The molecule has 0 amide bonds. The predicted molar refractivity (Wildman–Crippen MR) is 126 cm³/mol. The normalized spacial score (nSPS) is 16.4. The molecule has 2 heterocycles. The number of rotatable bonds is 9. The van der Waals surface area contributed by atoms with Crippen molar-refractivity contribution in [3.8, 4) is 5.75 Å². The van der Waals surface area contributed by atoms with E-state index in [1.165, 1.54) is 0 Å². The number of halogens is 1. The lowest BCUT2D eigenvalue weighted by Crippen LogP contribution is -2.40. The van der Waals surface area contributed by atoms with Gasteiger partial charge in [-0.1, -0.05) is 42.0 Å². The van der Waals surface area contributed by atoms with Gasteiger partial charge in [0.1, 0.15) is 12.4 Å². The van der Waals surface area contributed by atoms with E-state index in [1.54, 1.807) is 17.4 Å². The van der Waals surface area contributed by atoms with Crippen LogP contribution in [0.3, 0.4) is 0 Å². The zero-order chi connectivity index (χ0) is 21.8. The van der Waals surface area contributed by atoms with Crippen LogP contribution in [0, 0.1) is 0 Å². The molecule has 164 valence electrons. The van der Waals surface area contributed by atoms with E-state index in [0.717, 1.165) is 64.3 Å². The second-order valence-corrected chi connectivity index (χ2v) is 9.14. The van der Waals surface area contributed by atoms with Crippen molar-refractivity contribution in [1.29, 1.82) is 0 Å². The van der Waals surface area contributed by atoms with Gasteiger partial charge >= 0.3 is 5.97 Å². The second-order valence-electron chi connectivity index (χ2n) is 7.69. The highest BCUT2D eigenvalue weighted by atomic mass is 35.5. The van der Waals surface area contributed by atoms with Gasteiger partial charge in [-0.25, -0.2) is 4.98 Å². The van der Waals surface area contributed by atoms with Gasteiger partial charge in [0.05, 0.1) is 16.6 Å². The quantitative estimate of drug-likeness (QED) is 0.506. The number of likely N-dealkylation sites (N-methyl/N-ethyl adjacent to an activating group) is 1. The van der Waals surface area contributed by atoms with Crippen LogP contribution < -0.4 is 9.64 Å². The van der Waals surface area contributed by atoms with Crippen molar-refractivity contribution in [3.05, 3.63) is 53.1 Å². The van der Waals surface area contributed by atoms with Crippen LogP contribution in [0.4, 0.5) is 5.13 Å². The lowest BCUT2D eigenvalue weighted by atomic mass is 10.1. The lowest BCUT2D eigenvalue weighted by molar-refractivity contribution is -0.136. The number of nitrogens with zero attached hydrogens (tertiary/aromatic N) is 3. The molecule has 3 aromatic rings. The van der Waals surface area contributed by atoms with Crippen molar-refractivity contribution in [2.75, 3.05) is 37.7 Å². The first-order valence-electron chi connectivity index (χ1n) is 10.5. The van der Waals surface area contributed by atoms with Crippen LogP contribution in [0.1, 0.15) is 18.9 Å². The van der Waals surface area contributed by atoms with E-state index < -0.39 is 5.97 Å². The number of aromatic nitrogens is 1. The fourth-order valence-corrected chi connectivity index (χ4v) is 5.31. The van der Waals surface area contributed by atoms with Crippen molar-refractivity contribution in [2.45, 2.75) is 25.8 Å². The number of benzene rings is 2. The molecule has 0 radical (unpaired) electrons. The number of aliphatic carboxylic acids is 1. The molecule has 0 spiro atoms. The van der Waals surface area contributed by atoms with Crippen molar-refractivity contribution in [3.63, 3.8) is 0 Å². The zero-order valence-corrected chi connectivity index (χ0v) is 19.0. The molecule has 1 aromatic heterocycles. The topological polar surface area (TPSA) is 65.9 Å². The Bertz CT molecular complexity index is 1060. The first-order valence-corrected chi connectivity index (χ1v) is 11.7. The monoisotopic (exact) mass is 459 g/mol. The summed E-state index contributed by atoms with van der Waals surface area (Å²) >= 11 is 7.81. The number of carboxylic acids is 1. The number of hydrogen-bond donors (Lipinski definition) is 1. The smallest absolute Gasteiger partial charge is 0.307 e. The minimum Gasteiger partial charge on any atom is -0.492 e. The third-order valence-corrected chi connectivity index (χ3v) is 6.91. The SMILES string of the molecule is CCN(CCOc1cccc(CC(=O)O)c1)C1CCN(c2nc3ccc(Cl)cc3s2)C1. The third kappa shape index (κ3) is 5.47.